The van der Waals surface area contributed by atoms with Gasteiger partial charge >= 0.3 is 0 Å². The molecule has 0 atom stereocenters. The van der Waals surface area contributed by atoms with Gasteiger partial charge in [-0.05, 0) is 29.8 Å². The van der Waals surface area contributed by atoms with E-state index in [1.165, 1.54) is 0 Å². The summed E-state index contributed by atoms with van der Waals surface area (Å²) >= 11 is 0. The summed E-state index contributed by atoms with van der Waals surface area (Å²) in [5.41, 5.74) is 4.70. The molecule has 5 rings (SSSR count). The van der Waals surface area contributed by atoms with Gasteiger partial charge in [-0.2, -0.15) is 10.4 Å². The molecule has 0 amide bonds. The maximum absolute atomic E-state index is 9.39. The fourth-order valence-corrected chi connectivity index (χ4v) is 3.60. The Morgan fingerprint density at radius 2 is 1.59 bits per heavy atom. The number of benzene rings is 3. The molecule has 0 fully saturated rings. The molecule has 0 bridgehead atoms. The number of fused-ring (bicyclic) bond motifs is 1. The molecule has 2 aromatic heterocycles. The molecule has 0 radical (unpaired) electrons. The lowest BCUT2D eigenvalue weighted by molar-refractivity contribution is 0.409. The molecule has 0 saturated carbocycles. The van der Waals surface area contributed by atoms with Crippen LogP contribution in [-0.2, 0) is 0 Å². The first-order valence-electron chi connectivity index (χ1n) is 10.0. The standard InChI is InChI=1S/C26H18N4O2/c1-31-22-8-5-9-23(14-22)32-21-12-10-18(11-13-21)24-17-28-26-20(15-27)16-29-30(26)25(24)19-6-3-2-4-7-19/h2-14,16-17H,1H3. The number of methoxy groups -OCH3 is 1. The fourth-order valence-electron chi connectivity index (χ4n) is 3.60. The Hall–Kier alpha value is -4.63. The minimum Gasteiger partial charge on any atom is -0.497 e. The smallest absolute Gasteiger partial charge is 0.173 e. The highest BCUT2D eigenvalue weighted by Gasteiger charge is 2.16. The SMILES string of the molecule is COc1cccc(Oc2ccc(-c3cnc4c(C#N)cnn4c3-c3ccccc3)cc2)c1. The summed E-state index contributed by atoms with van der Waals surface area (Å²) < 4.78 is 12.9. The van der Waals surface area contributed by atoms with E-state index >= 15 is 0 Å². The monoisotopic (exact) mass is 418 g/mol. The molecule has 0 aliphatic heterocycles. The lowest BCUT2D eigenvalue weighted by atomic mass is 10.0. The Kier molecular flexibility index (Phi) is 4.98. The molecule has 0 spiro atoms. The molecule has 5 aromatic rings. The number of nitrogens with zero attached hydrogens (tertiary/aromatic N) is 4. The second-order valence-corrected chi connectivity index (χ2v) is 7.10. The molecule has 0 aliphatic rings. The summed E-state index contributed by atoms with van der Waals surface area (Å²) in [7, 11) is 1.63. The Balaban J connectivity index is 1.56. The van der Waals surface area contributed by atoms with Gasteiger partial charge in [-0.3, -0.25) is 0 Å². The van der Waals surface area contributed by atoms with Gasteiger partial charge in [-0.15, -0.1) is 0 Å². The Labute approximate surface area is 184 Å². The zero-order valence-electron chi connectivity index (χ0n) is 17.3. The molecular formula is C26H18N4O2. The topological polar surface area (TPSA) is 72.4 Å². The number of hydrogen-bond donors (Lipinski definition) is 0. The van der Waals surface area contributed by atoms with Gasteiger partial charge in [-0.25, -0.2) is 9.50 Å². The van der Waals surface area contributed by atoms with E-state index < -0.39 is 0 Å². The van der Waals surface area contributed by atoms with Gasteiger partial charge in [-0.1, -0.05) is 48.5 Å². The second-order valence-electron chi connectivity index (χ2n) is 7.10. The highest BCUT2D eigenvalue weighted by molar-refractivity contribution is 5.82. The fraction of sp³-hybridized carbons (Fsp3) is 0.0385. The number of aromatic nitrogens is 3. The first kappa shape index (κ1) is 19.3. The number of ether oxygens (including phenoxy) is 2. The second kappa shape index (κ2) is 8.25. The Bertz CT molecular complexity index is 1430. The van der Waals surface area contributed by atoms with E-state index in [4.69, 9.17) is 9.47 Å². The van der Waals surface area contributed by atoms with Gasteiger partial charge in [0.15, 0.2) is 5.65 Å². The lowest BCUT2D eigenvalue weighted by Gasteiger charge is -2.13. The molecule has 0 aliphatic carbocycles. The average Bonchev–Trinajstić information content (AvgIpc) is 3.28. The molecule has 3 aromatic carbocycles. The van der Waals surface area contributed by atoms with Crippen molar-refractivity contribution in [3.63, 3.8) is 0 Å². The first-order chi connectivity index (χ1) is 15.8. The zero-order valence-corrected chi connectivity index (χ0v) is 17.3. The number of nitriles is 1. The first-order valence-corrected chi connectivity index (χ1v) is 10.0. The molecular weight excluding hydrogens is 400 g/mol. The van der Waals surface area contributed by atoms with Crippen LogP contribution in [0, 0.1) is 11.3 Å². The molecule has 6 heteroatoms. The summed E-state index contributed by atoms with van der Waals surface area (Å²) in [6, 6.07) is 27.4. The summed E-state index contributed by atoms with van der Waals surface area (Å²) in [5.74, 6) is 2.15. The predicted octanol–water partition coefficient (Wildman–Crippen LogP) is 5.74. The summed E-state index contributed by atoms with van der Waals surface area (Å²) in [4.78, 5) is 4.52. The van der Waals surface area contributed by atoms with Crippen LogP contribution in [0.15, 0.2) is 91.3 Å². The van der Waals surface area contributed by atoms with Crippen molar-refractivity contribution >= 4 is 5.65 Å². The van der Waals surface area contributed by atoms with E-state index in [2.05, 4.69) is 16.2 Å². The van der Waals surface area contributed by atoms with Crippen LogP contribution in [0.25, 0.3) is 28.0 Å². The van der Waals surface area contributed by atoms with Crippen LogP contribution in [0.5, 0.6) is 17.2 Å². The third-order valence-corrected chi connectivity index (χ3v) is 5.14. The predicted molar refractivity (Wildman–Crippen MR) is 122 cm³/mol. The van der Waals surface area contributed by atoms with Crippen molar-refractivity contribution in [2.24, 2.45) is 0 Å². The molecule has 2 heterocycles. The van der Waals surface area contributed by atoms with E-state index in [0.29, 0.717) is 22.7 Å². The van der Waals surface area contributed by atoms with Crippen LogP contribution in [0.2, 0.25) is 0 Å². The zero-order chi connectivity index (χ0) is 21.9. The minimum absolute atomic E-state index is 0.441. The largest absolute Gasteiger partial charge is 0.497 e. The van der Waals surface area contributed by atoms with Crippen molar-refractivity contribution in [1.29, 1.82) is 5.26 Å². The average molecular weight is 418 g/mol. The molecule has 154 valence electrons. The van der Waals surface area contributed by atoms with Crippen molar-refractivity contribution in [1.82, 2.24) is 14.6 Å². The van der Waals surface area contributed by atoms with Gasteiger partial charge in [0, 0.05) is 23.4 Å². The maximum Gasteiger partial charge on any atom is 0.173 e. The molecule has 6 nitrogen and oxygen atoms in total. The van der Waals surface area contributed by atoms with Crippen LogP contribution >= 0.6 is 0 Å². The van der Waals surface area contributed by atoms with Crippen molar-refractivity contribution in [3.05, 3.63) is 96.8 Å². The summed E-state index contributed by atoms with van der Waals surface area (Å²) in [5, 5.41) is 13.8. The quantitative estimate of drug-likeness (QED) is 0.364. The van der Waals surface area contributed by atoms with E-state index in [1.807, 2.05) is 78.9 Å². The Morgan fingerprint density at radius 1 is 0.812 bits per heavy atom. The van der Waals surface area contributed by atoms with E-state index in [9.17, 15) is 5.26 Å². The number of rotatable bonds is 5. The summed E-state index contributed by atoms with van der Waals surface area (Å²) in [6.45, 7) is 0. The van der Waals surface area contributed by atoms with Gasteiger partial charge < -0.3 is 9.47 Å². The maximum atomic E-state index is 9.39. The van der Waals surface area contributed by atoms with Gasteiger partial charge in [0.25, 0.3) is 0 Å². The van der Waals surface area contributed by atoms with Gasteiger partial charge in [0.05, 0.1) is 19.0 Å². The number of hydrogen-bond acceptors (Lipinski definition) is 5. The van der Waals surface area contributed by atoms with Crippen LogP contribution in [0.1, 0.15) is 5.56 Å². The normalized spacial score (nSPS) is 10.6. The minimum atomic E-state index is 0.441. The summed E-state index contributed by atoms with van der Waals surface area (Å²) in [6.07, 6.45) is 3.34. The Morgan fingerprint density at radius 3 is 2.34 bits per heavy atom. The molecule has 32 heavy (non-hydrogen) atoms. The van der Waals surface area contributed by atoms with Crippen LogP contribution in [0.3, 0.4) is 0 Å². The van der Waals surface area contributed by atoms with Crippen LogP contribution in [0.4, 0.5) is 0 Å². The highest BCUT2D eigenvalue weighted by Crippen LogP contribution is 2.34. The van der Waals surface area contributed by atoms with Crippen molar-refractivity contribution in [2.75, 3.05) is 7.11 Å². The lowest BCUT2D eigenvalue weighted by Crippen LogP contribution is -2.00. The third-order valence-electron chi connectivity index (χ3n) is 5.14. The molecule has 0 N–H and O–H groups in total. The van der Waals surface area contributed by atoms with Gasteiger partial charge in [0.2, 0.25) is 0 Å². The van der Waals surface area contributed by atoms with Crippen molar-refractivity contribution in [2.45, 2.75) is 0 Å². The molecule has 0 saturated heterocycles. The van der Waals surface area contributed by atoms with Crippen LogP contribution < -0.4 is 9.47 Å². The van der Waals surface area contributed by atoms with E-state index in [-0.39, 0.29) is 0 Å². The van der Waals surface area contributed by atoms with E-state index in [1.54, 1.807) is 24.0 Å². The van der Waals surface area contributed by atoms with Crippen molar-refractivity contribution < 1.29 is 9.47 Å². The highest BCUT2D eigenvalue weighted by atomic mass is 16.5. The third kappa shape index (κ3) is 3.53. The van der Waals surface area contributed by atoms with Crippen molar-refractivity contribution in [3.8, 4) is 45.7 Å². The van der Waals surface area contributed by atoms with E-state index in [0.717, 1.165) is 28.1 Å². The van der Waals surface area contributed by atoms with Gasteiger partial charge in [0.1, 0.15) is 28.9 Å². The molecule has 0 unspecified atom stereocenters. The van der Waals surface area contributed by atoms with Crippen LogP contribution in [-0.4, -0.2) is 21.7 Å².